The van der Waals surface area contributed by atoms with Gasteiger partial charge in [0.2, 0.25) is 5.91 Å². The molecule has 1 amide bonds. The van der Waals surface area contributed by atoms with Crippen molar-refractivity contribution in [3.05, 3.63) is 36.0 Å². The number of hydrogen-bond acceptors (Lipinski definition) is 4. The van der Waals surface area contributed by atoms with Gasteiger partial charge in [-0.15, -0.1) is 0 Å². The van der Waals surface area contributed by atoms with E-state index in [-0.39, 0.29) is 5.91 Å². The maximum Gasteiger partial charge on any atom is 0.216 e. The highest BCUT2D eigenvalue weighted by Gasteiger charge is 2.41. The Balaban J connectivity index is 1.55. The van der Waals surface area contributed by atoms with Gasteiger partial charge in [-0.05, 0) is 43.5 Å². The van der Waals surface area contributed by atoms with E-state index in [1.807, 2.05) is 29.9 Å². The highest BCUT2D eigenvalue weighted by molar-refractivity contribution is 5.72. The first-order valence-corrected chi connectivity index (χ1v) is 9.72. The van der Waals surface area contributed by atoms with Gasteiger partial charge in [-0.1, -0.05) is 12.1 Å². The molecule has 0 aliphatic carbocycles. The Morgan fingerprint density at radius 1 is 1.37 bits per heavy atom. The molecule has 6 nitrogen and oxygen atoms in total. The van der Waals surface area contributed by atoms with Crippen molar-refractivity contribution in [2.24, 2.45) is 13.0 Å². The topological polar surface area (TPSA) is 59.4 Å². The van der Waals surface area contributed by atoms with Gasteiger partial charge in [0, 0.05) is 50.3 Å². The second-order valence-corrected chi connectivity index (χ2v) is 7.76. The number of nitrogens with zero attached hydrogens (tertiary/aromatic N) is 3. The molecule has 0 spiro atoms. The van der Waals surface area contributed by atoms with Crippen LogP contribution in [-0.2, 0) is 11.8 Å². The van der Waals surface area contributed by atoms with Crippen LogP contribution in [0, 0.1) is 5.92 Å². The normalized spacial score (nSPS) is 26.8. The molecule has 1 unspecified atom stereocenters. The van der Waals surface area contributed by atoms with Crippen LogP contribution >= 0.6 is 0 Å². The summed E-state index contributed by atoms with van der Waals surface area (Å²) in [6.07, 6.45) is 2.36. The van der Waals surface area contributed by atoms with Crippen molar-refractivity contribution < 1.29 is 9.53 Å². The summed E-state index contributed by atoms with van der Waals surface area (Å²) in [4.78, 5) is 13.8. The number of benzene rings is 1. The van der Waals surface area contributed by atoms with Gasteiger partial charge >= 0.3 is 0 Å². The van der Waals surface area contributed by atoms with Crippen molar-refractivity contribution in [1.29, 1.82) is 0 Å². The fourth-order valence-electron chi connectivity index (χ4n) is 4.76. The number of carbonyl (C=O) groups excluding carboxylic acids is 1. The summed E-state index contributed by atoms with van der Waals surface area (Å²) >= 11 is 0. The molecule has 3 fully saturated rings. The largest absolute Gasteiger partial charge is 0.496 e. The number of aryl methyl sites for hydroxylation is 1. The van der Waals surface area contributed by atoms with Crippen LogP contribution in [0.4, 0.5) is 0 Å². The van der Waals surface area contributed by atoms with Crippen LogP contribution in [0.1, 0.15) is 31.4 Å². The summed E-state index contributed by atoms with van der Waals surface area (Å²) < 4.78 is 7.55. The number of amides is 1. The van der Waals surface area contributed by atoms with E-state index in [1.165, 1.54) is 12.1 Å². The number of para-hydroxylation sites is 1. The first-order chi connectivity index (χ1) is 13.1. The predicted octanol–water partition coefficient (Wildman–Crippen LogP) is 2.41. The number of aromatic nitrogens is 2. The Labute approximate surface area is 160 Å². The molecule has 5 rings (SSSR count). The summed E-state index contributed by atoms with van der Waals surface area (Å²) in [6, 6.07) is 10.7. The molecule has 3 aliphatic heterocycles. The molecule has 2 bridgehead atoms. The van der Waals surface area contributed by atoms with Crippen LogP contribution in [-0.4, -0.2) is 53.4 Å². The second-order valence-electron chi connectivity index (χ2n) is 7.76. The molecule has 6 heteroatoms. The molecule has 3 aliphatic rings. The summed E-state index contributed by atoms with van der Waals surface area (Å²) in [5.41, 5.74) is 3.30. The third-order valence-corrected chi connectivity index (χ3v) is 6.14. The molecule has 1 N–H and O–H groups in total. The van der Waals surface area contributed by atoms with E-state index < -0.39 is 0 Å². The Hall–Kier alpha value is -2.34. The van der Waals surface area contributed by atoms with Gasteiger partial charge in [0.1, 0.15) is 5.75 Å². The molecule has 27 heavy (non-hydrogen) atoms. The lowest BCUT2D eigenvalue weighted by Crippen LogP contribution is -2.56. The maximum absolute atomic E-state index is 11.3. The van der Waals surface area contributed by atoms with Gasteiger partial charge in [-0.3, -0.25) is 14.4 Å². The average molecular weight is 368 g/mol. The number of carbonyl (C=O) groups is 1. The van der Waals surface area contributed by atoms with E-state index >= 15 is 0 Å². The minimum absolute atomic E-state index is 0.0577. The minimum Gasteiger partial charge on any atom is -0.496 e. The van der Waals surface area contributed by atoms with E-state index in [1.54, 1.807) is 14.0 Å². The van der Waals surface area contributed by atoms with Gasteiger partial charge in [0.05, 0.1) is 12.8 Å². The zero-order valence-corrected chi connectivity index (χ0v) is 16.3. The molecule has 0 radical (unpaired) electrons. The maximum atomic E-state index is 11.3. The predicted molar refractivity (Wildman–Crippen MR) is 105 cm³/mol. The lowest BCUT2D eigenvalue weighted by atomic mass is 9.74. The summed E-state index contributed by atoms with van der Waals surface area (Å²) in [7, 11) is 3.74. The van der Waals surface area contributed by atoms with Crippen LogP contribution in [0.25, 0.3) is 11.3 Å². The first-order valence-electron chi connectivity index (χ1n) is 9.72. The Morgan fingerprint density at radius 2 is 2.19 bits per heavy atom. The molecule has 1 aromatic heterocycles. The standard InChI is InChI=1S/C21H28N4O2/c1-14(26)22-12-16-10-15-8-9-25(16)13-18(15)20-11-19(23-24(20)2)17-6-4-5-7-21(17)27-3/h4-7,11,15-16,18H,8-10,12-13H2,1-3H3,(H,22,26)/t15-,16-,18+/m1/s1. The monoisotopic (exact) mass is 368 g/mol. The summed E-state index contributed by atoms with van der Waals surface area (Å²) in [5.74, 6) is 2.05. The van der Waals surface area contributed by atoms with Crippen LogP contribution < -0.4 is 10.1 Å². The molecule has 1 aromatic carbocycles. The van der Waals surface area contributed by atoms with Crippen LogP contribution in [0.2, 0.25) is 0 Å². The zero-order valence-electron chi connectivity index (χ0n) is 16.3. The average Bonchev–Trinajstić information content (AvgIpc) is 3.08. The van der Waals surface area contributed by atoms with Crippen molar-refractivity contribution >= 4 is 5.91 Å². The van der Waals surface area contributed by atoms with Gasteiger partial charge in [-0.25, -0.2) is 0 Å². The quantitative estimate of drug-likeness (QED) is 0.881. The number of hydrogen-bond donors (Lipinski definition) is 1. The number of nitrogens with one attached hydrogen (secondary N) is 1. The van der Waals surface area contributed by atoms with Gasteiger partial charge in [0.15, 0.2) is 0 Å². The van der Waals surface area contributed by atoms with Crippen molar-refractivity contribution in [3.8, 4) is 17.0 Å². The number of ether oxygens (including phenoxy) is 1. The van der Waals surface area contributed by atoms with E-state index in [9.17, 15) is 4.79 Å². The molecular weight excluding hydrogens is 340 g/mol. The van der Waals surface area contributed by atoms with Gasteiger partial charge in [0.25, 0.3) is 0 Å². The third kappa shape index (κ3) is 3.46. The van der Waals surface area contributed by atoms with Crippen molar-refractivity contribution in [3.63, 3.8) is 0 Å². The number of fused-ring (bicyclic) bond motifs is 3. The van der Waals surface area contributed by atoms with Crippen LogP contribution in [0.15, 0.2) is 30.3 Å². The smallest absolute Gasteiger partial charge is 0.216 e. The number of rotatable bonds is 5. The third-order valence-electron chi connectivity index (χ3n) is 6.14. The van der Waals surface area contributed by atoms with E-state index in [4.69, 9.17) is 9.84 Å². The highest BCUT2D eigenvalue weighted by atomic mass is 16.5. The van der Waals surface area contributed by atoms with Gasteiger partial charge < -0.3 is 10.1 Å². The van der Waals surface area contributed by atoms with Crippen LogP contribution in [0.5, 0.6) is 5.75 Å². The number of methoxy groups -OCH3 is 1. The fraction of sp³-hybridized carbons (Fsp3) is 0.524. The molecular formula is C21H28N4O2. The van der Waals surface area contributed by atoms with E-state index in [0.29, 0.717) is 17.9 Å². The molecule has 2 aromatic rings. The summed E-state index contributed by atoms with van der Waals surface area (Å²) in [6.45, 7) is 4.52. The van der Waals surface area contributed by atoms with Crippen molar-refractivity contribution in [2.45, 2.75) is 31.7 Å². The summed E-state index contributed by atoms with van der Waals surface area (Å²) in [5, 5.41) is 7.78. The van der Waals surface area contributed by atoms with E-state index in [0.717, 1.165) is 43.1 Å². The molecule has 0 saturated carbocycles. The van der Waals surface area contributed by atoms with Gasteiger partial charge in [-0.2, -0.15) is 5.10 Å². The Morgan fingerprint density at radius 3 is 2.89 bits per heavy atom. The van der Waals surface area contributed by atoms with E-state index in [2.05, 4.69) is 22.3 Å². The first kappa shape index (κ1) is 18.0. The zero-order chi connectivity index (χ0) is 19.0. The lowest BCUT2D eigenvalue weighted by Gasteiger charge is -2.49. The molecule has 4 heterocycles. The van der Waals surface area contributed by atoms with Crippen molar-refractivity contribution in [2.75, 3.05) is 26.7 Å². The molecule has 3 saturated heterocycles. The lowest BCUT2D eigenvalue weighted by molar-refractivity contribution is -0.119. The second kappa shape index (κ2) is 7.35. The Kier molecular flexibility index (Phi) is 4.91. The number of piperidine rings is 3. The van der Waals surface area contributed by atoms with Crippen molar-refractivity contribution in [1.82, 2.24) is 20.0 Å². The highest BCUT2D eigenvalue weighted by Crippen LogP contribution is 2.42. The molecule has 144 valence electrons. The SMILES string of the molecule is COc1ccccc1-c1cc([C@H]2CN3CC[C@@H]2C[C@@H]3CNC(C)=O)n(C)n1. The molecule has 4 atom stereocenters. The Bertz CT molecular complexity index is 831. The minimum atomic E-state index is 0.0577. The van der Waals surface area contributed by atoms with Crippen LogP contribution in [0.3, 0.4) is 0 Å². The fourth-order valence-corrected chi connectivity index (χ4v) is 4.76.